The van der Waals surface area contributed by atoms with E-state index in [1.807, 2.05) is 7.05 Å². The Labute approximate surface area is 101 Å². The topological polar surface area (TPSA) is 21.3 Å². The van der Waals surface area contributed by atoms with Gasteiger partial charge in [-0.3, -0.25) is 0 Å². The summed E-state index contributed by atoms with van der Waals surface area (Å²) in [6, 6.07) is 0.603. The van der Waals surface area contributed by atoms with Gasteiger partial charge < -0.3 is 10.1 Å². The lowest BCUT2D eigenvalue weighted by atomic mass is 10.0. The fourth-order valence-corrected chi connectivity index (χ4v) is 2.05. The van der Waals surface area contributed by atoms with E-state index in [4.69, 9.17) is 0 Å². The second-order valence-corrected chi connectivity index (χ2v) is 4.75. The largest absolute Gasteiger partial charge is 0.411 e. The SMILES string of the molecule is CNC(CCCCCOCC(F)(F)F)C1CC1. The molecule has 0 bridgehead atoms. The quantitative estimate of drug-likeness (QED) is 0.637. The number of hydrogen-bond donors (Lipinski definition) is 1. The molecule has 2 nitrogen and oxygen atoms in total. The molecule has 0 radical (unpaired) electrons. The normalized spacial score (nSPS) is 18.4. The Balaban J connectivity index is 1.87. The van der Waals surface area contributed by atoms with Gasteiger partial charge in [0.05, 0.1) is 0 Å². The minimum absolute atomic E-state index is 0.215. The lowest BCUT2D eigenvalue weighted by Gasteiger charge is -2.14. The summed E-state index contributed by atoms with van der Waals surface area (Å²) in [5, 5.41) is 3.31. The molecule has 5 heteroatoms. The van der Waals surface area contributed by atoms with E-state index < -0.39 is 12.8 Å². The van der Waals surface area contributed by atoms with Crippen molar-refractivity contribution in [2.45, 2.75) is 50.7 Å². The van der Waals surface area contributed by atoms with Gasteiger partial charge in [-0.1, -0.05) is 12.8 Å². The van der Waals surface area contributed by atoms with E-state index in [1.165, 1.54) is 12.8 Å². The van der Waals surface area contributed by atoms with Crippen LogP contribution in [0, 0.1) is 5.92 Å². The van der Waals surface area contributed by atoms with Crippen molar-refractivity contribution in [1.82, 2.24) is 5.32 Å². The zero-order valence-corrected chi connectivity index (χ0v) is 10.4. The summed E-state index contributed by atoms with van der Waals surface area (Å²) in [7, 11) is 1.98. The predicted octanol–water partition coefficient (Wildman–Crippen LogP) is 3.12. The van der Waals surface area contributed by atoms with Crippen LogP contribution in [0.4, 0.5) is 13.2 Å². The Hall–Kier alpha value is -0.290. The Morgan fingerprint density at radius 3 is 2.47 bits per heavy atom. The van der Waals surface area contributed by atoms with E-state index in [0.717, 1.165) is 31.6 Å². The van der Waals surface area contributed by atoms with Crippen LogP contribution < -0.4 is 5.32 Å². The number of halogens is 3. The minimum Gasteiger partial charge on any atom is -0.372 e. The third kappa shape index (κ3) is 7.60. The maximum absolute atomic E-state index is 11.7. The molecule has 17 heavy (non-hydrogen) atoms. The summed E-state index contributed by atoms with van der Waals surface area (Å²) in [5.74, 6) is 0.835. The first kappa shape index (κ1) is 14.8. The van der Waals surface area contributed by atoms with Crippen LogP contribution in [0.3, 0.4) is 0 Å². The van der Waals surface area contributed by atoms with Gasteiger partial charge in [0.2, 0.25) is 0 Å². The van der Waals surface area contributed by atoms with Crippen LogP contribution in [0.1, 0.15) is 38.5 Å². The Morgan fingerprint density at radius 1 is 1.24 bits per heavy atom. The van der Waals surface area contributed by atoms with Crippen LogP contribution in [0.15, 0.2) is 0 Å². The molecular weight excluding hydrogens is 231 g/mol. The summed E-state index contributed by atoms with van der Waals surface area (Å²) in [4.78, 5) is 0. The van der Waals surface area contributed by atoms with Crippen LogP contribution in [0.2, 0.25) is 0 Å². The average molecular weight is 253 g/mol. The Kier molecular flexibility index (Phi) is 6.27. The van der Waals surface area contributed by atoms with E-state index in [1.54, 1.807) is 0 Å². The monoisotopic (exact) mass is 253 g/mol. The maximum Gasteiger partial charge on any atom is 0.411 e. The van der Waals surface area contributed by atoms with Crippen molar-refractivity contribution in [1.29, 1.82) is 0 Å². The van der Waals surface area contributed by atoms with Gasteiger partial charge in [0, 0.05) is 12.6 Å². The van der Waals surface area contributed by atoms with Crippen LogP contribution in [0.5, 0.6) is 0 Å². The highest BCUT2D eigenvalue weighted by Crippen LogP contribution is 2.34. The van der Waals surface area contributed by atoms with Crippen molar-refractivity contribution in [3.8, 4) is 0 Å². The summed E-state index contributed by atoms with van der Waals surface area (Å²) < 4.78 is 39.8. The molecule has 0 aromatic rings. The number of hydrogen-bond acceptors (Lipinski definition) is 2. The zero-order valence-electron chi connectivity index (χ0n) is 10.4. The number of alkyl halides is 3. The molecule has 0 saturated heterocycles. The average Bonchev–Trinajstić information content (AvgIpc) is 3.04. The molecule has 1 unspecified atom stereocenters. The van der Waals surface area contributed by atoms with E-state index >= 15 is 0 Å². The first-order chi connectivity index (χ1) is 8.03. The van der Waals surface area contributed by atoms with E-state index in [-0.39, 0.29) is 6.61 Å². The summed E-state index contributed by atoms with van der Waals surface area (Å²) in [5.41, 5.74) is 0. The van der Waals surface area contributed by atoms with Crippen molar-refractivity contribution in [3.63, 3.8) is 0 Å². The van der Waals surface area contributed by atoms with E-state index in [9.17, 15) is 13.2 Å². The van der Waals surface area contributed by atoms with Gasteiger partial charge in [0.25, 0.3) is 0 Å². The lowest BCUT2D eigenvalue weighted by molar-refractivity contribution is -0.174. The van der Waals surface area contributed by atoms with Gasteiger partial charge >= 0.3 is 6.18 Å². The third-order valence-electron chi connectivity index (χ3n) is 3.13. The van der Waals surface area contributed by atoms with Crippen LogP contribution in [0.25, 0.3) is 0 Å². The van der Waals surface area contributed by atoms with E-state index in [2.05, 4.69) is 10.1 Å². The molecule has 1 fully saturated rings. The fraction of sp³-hybridized carbons (Fsp3) is 1.00. The predicted molar refractivity (Wildman–Crippen MR) is 60.9 cm³/mol. The van der Waals surface area contributed by atoms with Gasteiger partial charge in [0.1, 0.15) is 6.61 Å². The molecule has 0 heterocycles. The fourth-order valence-electron chi connectivity index (χ4n) is 2.05. The van der Waals surface area contributed by atoms with Gasteiger partial charge in [-0.05, 0) is 38.6 Å². The van der Waals surface area contributed by atoms with Gasteiger partial charge in [-0.2, -0.15) is 13.2 Å². The number of nitrogens with one attached hydrogen (secondary N) is 1. The summed E-state index contributed by atoms with van der Waals surface area (Å²) in [6.07, 6.45) is 2.31. The standard InChI is InChI=1S/C12H22F3NO/c1-16-11(10-6-7-10)5-3-2-4-8-17-9-12(13,14)15/h10-11,16H,2-9H2,1H3. The van der Waals surface area contributed by atoms with E-state index in [0.29, 0.717) is 6.04 Å². The molecule has 0 amide bonds. The molecule has 1 rings (SSSR count). The zero-order chi connectivity index (χ0) is 12.7. The van der Waals surface area contributed by atoms with Gasteiger partial charge in [-0.15, -0.1) is 0 Å². The highest BCUT2D eigenvalue weighted by molar-refractivity contribution is 4.85. The molecule has 0 aliphatic heterocycles. The molecule has 0 aromatic heterocycles. The first-order valence-electron chi connectivity index (χ1n) is 6.34. The molecule has 1 N–H and O–H groups in total. The third-order valence-corrected chi connectivity index (χ3v) is 3.13. The lowest BCUT2D eigenvalue weighted by Crippen LogP contribution is -2.27. The minimum atomic E-state index is -4.19. The van der Waals surface area contributed by atoms with Crippen molar-refractivity contribution < 1.29 is 17.9 Å². The maximum atomic E-state index is 11.7. The summed E-state index contributed by atoms with van der Waals surface area (Å²) >= 11 is 0. The van der Waals surface area contributed by atoms with Crippen LogP contribution in [-0.2, 0) is 4.74 Å². The summed E-state index contributed by atoms with van der Waals surface area (Å²) in [6.45, 7) is -0.901. The van der Waals surface area contributed by atoms with Crippen molar-refractivity contribution in [2.75, 3.05) is 20.3 Å². The molecule has 102 valence electrons. The molecular formula is C12H22F3NO. The molecule has 0 aromatic carbocycles. The van der Waals surface area contributed by atoms with Gasteiger partial charge in [-0.25, -0.2) is 0 Å². The van der Waals surface area contributed by atoms with Gasteiger partial charge in [0.15, 0.2) is 0 Å². The van der Waals surface area contributed by atoms with Crippen molar-refractivity contribution >= 4 is 0 Å². The molecule has 1 saturated carbocycles. The van der Waals surface area contributed by atoms with Crippen molar-refractivity contribution in [3.05, 3.63) is 0 Å². The molecule has 1 atom stereocenters. The highest BCUT2D eigenvalue weighted by Gasteiger charge is 2.29. The molecule has 1 aliphatic rings. The number of ether oxygens (including phenoxy) is 1. The highest BCUT2D eigenvalue weighted by atomic mass is 19.4. The number of unbranched alkanes of at least 4 members (excludes halogenated alkanes) is 2. The molecule has 0 spiro atoms. The second-order valence-electron chi connectivity index (χ2n) is 4.75. The second kappa shape index (κ2) is 7.21. The molecule has 1 aliphatic carbocycles. The number of rotatable bonds is 9. The Bertz CT molecular complexity index is 204. The Morgan fingerprint density at radius 2 is 1.94 bits per heavy atom. The first-order valence-corrected chi connectivity index (χ1v) is 6.34. The van der Waals surface area contributed by atoms with Crippen molar-refractivity contribution in [2.24, 2.45) is 5.92 Å². The van der Waals surface area contributed by atoms with Crippen LogP contribution in [-0.4, -0.2) is 32.5 Å². The smallest absolute Gasteiger partial charge is 0.372 e. The van der Waals surface area contributed by atoms with Crippen LogP contribution >= 0.6 is 0 Å².